The van der Waals surface area contributed by atoms with Crippen LogP contribution >= 0.6 is 0 Å². The average molecular weight is 510 g/mol. The van der Waals surface area contributed by atoms with Crippen LogP contribution in [0.4, 0.5) is 20.5 Å². The minimum Gasteiger partial charge on any atom is -0.435 e. The summed E-state index contributed by atoms with van der Waals surface area (Å²) >= 11 is 0. The lowest BCUT2D eigenvalue weighted by Gasteiger charge is -2.35. The largest absolute Gasteiger partial charge is 0.435 e. The zero-order valence-corrected chi connectivity index (χ0v) is 19.7. The van der Waals surface area contributed by atoms with Crippen LogP contribution < -0.4 is 15.0 Å². The molecular weight excluding hydrogens is 484 g/mol. The number of hydrogen-bond acceptors (Lipinski definition) is 9. The number of sulfonamides is 1. The lowest BCUT2D eigenvalue weighted by molar-refractivity contribution is -0.0498. The number of nitrogens with zero attached hydrogens (tertiary/aromatic N) is 6. The van der Waals surface area contributed by atoms with Crippen LogP contribution in [0.2, 0.25) is 0 Å². The summed E-state index contributed by atoms with van der Waals surface area (Å²) in [6.45, 7) is -1.44. The van der Waals surface area contributed by atoms with Crippen LogP contribution in [0.1, 0.15) is 12.8 Å². The molecular formula is C21H25F2N7O4S. The molecule has 2 fully saturated rings. The van der Waals surface area contributed by atoms with E-state index in [1.54, 1.807) is 18.3 Å². The van der Waals surface area contributed by atoms with Gasteiger partial charge in [-0.15, -0.1) is 0 Å². The Morgan fingerprint density at radius 3 is 2.57 bits per heavy atom. The number of ether oxygens (including phenoxy) is 1. The predicted molar refractivity (Wildman–Crippen MR) is 125 cm³/mol. The second-order valence-electron chi connectivity index (χ2n) is 8.66. The van der Waals surface area contributed by atoms with E-state index in [0.29, 0.717) is 67.5 Å². The second-order valence-corrected chi connectivity index (χ2v) is 10.6. The molecule has 0 unspecified atom stereocenters. The van der Waals surface area contributed by atoms with Crippen LogP contribution in [0, 0.1) is 0 Å². The summed E-state index contributed by atoms with van der Waals surface area (Å²) in [5, 5.41) is 18.0. The lowest BCUT2D eigenvalue weighted by Crippen LogP contribution is -2.48. The number of piperazine rings is 1. The summed E-state index contributed by atoms with van der Waals surface area (Å²) < 4.78 is 56.7. The Kier molecular flexibility index (Phi) is 6.19. The molecule has 5 rings (SSSR count). The van der Waals surface area contributed by atoms with Crippen molar-refractivity contribution in [3.05, 3.63) is 30.5 Å². The number of aliphatic hydroxyl groups is 1. The third-order valence-corrected chi connectivity index (χ3v) is 7.45. The second kappa shape index (κ2) is 9.17. The number of benzene rings is 1. The Morgan fingerprint density at radius 1 is 1.17 bits per heavy atom. The van der Waals surface area contributed by atoms with Crippen molar-refractivity contribution in [1.82, 2.24) is 24.1 Å². The third kappa shape index (κ3) is 4.99. The van der Waals surface area contributed by atoms with Crippen LogP contribution in [-0.2, 0) is 10.0 Å². The maximum absolute atomic E-state index is 12.7. The Morgan fingerprint density at radius 2 is 1.91 bits per heavy atom. The van der Waals surface area contributed by atoms with Crippen molar-refractivity contribution in [1.29, 1.82) is 0 Å². The van der Waals surface area contributed by atoms with Crippen molar-refractivity contribution in [3.63, 3.8) is 0 Å². The Labute approximate surface area is 200 Å². The van der Waals surface area contributed by atoms with Crippen molar-refractivity contribution >= 4 is 32.8 Å². The molecule has 14 heteroatoms. The first-order valence-corrected chi connectivity index (χ1v) is 13.0. The standard InChI is InChI=1S/C21H25F2N7O4S/c1-35(32,33)29-7-5-28(6-8-29)18-17-12-24-30(14-3-2-4-16(11-14)34-20(22)23)19(17)27-21(26-18)25-13-9-15(31)10-13/h2-4,11-13,15,20,31H,5-10H2,1H3,(H,25,26,27). The van der Waals surface area contributed by atoms with E-state index in [0.717, 1.165) is 0 Å². The molecule has 1 aliphatic heterocycles. The predicted octanol–water partition coefficient (Wildman–Crippen LogP) is 1.43. The molecule has 1 aliphatic carbocycles. The first kappa shape index (κ1) is 23.6. The van der Waals surface area contributed by atoms with Gasteiger partial charge in [0.2, 0.25) is 16.0 Å². The smallest absolute Gasteiger partial charge is 0.387 e. The average Bonchev–Trinajstić information content (AvgIpc) is 3.21. The van der Waals surface area contributed by atoms with E-state index in [1.807, 2.05) is 4.90 Å². The quantitative estimate of drug-likeness (QED) is 0.487. The monoisotopic (exact) mass is 509 g/mol. The number of aliphatic hydroxyl groups excluding tert-OH is 1. The fourth-order valence-electron chi connectivity index (χ4n) is 4.30. The minimum atomic E-state index is -3.29. The van der Waals surface area contributed by atoms with Gasteiger partial charge >= 0.3 is 6.61 Å². The summed E-state index contributed by atoms with van der Waals surface area (Å²) in [5.41, 5.74) is 0.937. The van der Waals surface area contributed by atoms with Crippen LogP contribution in [-0.4, -0.2) is 88.8 Å². The van der Waals surface area contributed by atoms with E-state index >= 15 is 0 Å². The van der Waals surface area contributed by atoms with Gasteiger partial charge in [-0.2, -0.15) is 28.2 Å². The van der Waals surface area contributed by atoms with E-state index in [9.17, 15) is 22.3 Å². The van der Waals surface area contributed by atoms with Crippen molar-refractivity contribution in [2.75, 3.05) is 42.7 Å². The lowest BCUT2D eigenvalue weighted by atomic mass is 9.90. The normalized spacial score (nSPS) is 21.3. The van der Waals surface area contributed by atoms with Gasteiger partial charge in [-0.05, 0) is 25.0 Å². The molecule has 1 saturated carbocycles. The molecule has 3 heterocycles. The first-order chi connectivity index (χ1) is 16.7. The zero-order chi connectivity index (χ0) is 24.7. The van der Waals surface area contributed by atoms with Gasteiger partial charge in [0, 0.05) is 38.3 Å². The number of alkyl halides is 2. The van der Waals surface area contributed by atoms with Crippen molar-refractivity contribution in [3.8, 4) is 11.4 Å². The maximum atomic E-state index is 12.7. The summed E-state index contributed by atoms with van der Waals surface area (Å²) in [4.78, 5) is 11.3. The van der Waals surface area contributed by atoms with Gasteiger partial charge in [-0.1, -0.05) is 6.07 Å². The highest BCUT2D eigenvalue weighted by Crippen LogP contribution is 2.31. The number of hydrogen-bond donors (Lipinski definition) is 2. The van der Waals surface area contributed by atoms with E-state index < -0.39 is 16.6 Å². The SMILES string of the molecule is CS(=O)(=O)N1CCN(c2nc(NC3CC(O)C3)nc3c2cnn3-c2cccc(OC(F)F)c2)CC1. The van der Waals surface area contributed by atoms with E-state index in [1.165, 1.54) is 27.4 Å². The van der Waals surface area contributed by atoms with Crippen LogP contribution in [0.25, 0.3) is 16.7 Å². The minimum absolute atomic E-state index is 0.00543. The fraction of sp³-hybridized carbons (Fsp3) is 0.476. The van der Waals surface area contributed by atoms with Crippen molar-refractivity contribution in [2.45, 2.75) is 31.6 Å². The van der Waals surface area contributed by atoms with Gasteiger partial charge in [0.15, 0.2) is 5.65 Å². The highest BCUT2D eigenvalue weighted by Gasteiger charge is 2.30. The van der Waals surface area contributed by atoms with Crippen LogP contribution in [0.5, 0.6) is 5.75 Å². The van der Waals surface area contributed by atoms with Gasteiger partial charge in [0.05, 0.1) is 29.6 Å². The highest BCUT2D eigenvalue weighted by molar-refractivity contribution is 7.88. The Balaban J connectivity index is 1.52. The number of aromatic nitrogens is 4. The highest BCUT2D eigenvalue weighted by atomic mass is 32.2. The van der Waals surface area contributed by atoms with Gasteiger partial charge in [0.1, 0.15) is 11.6 Å². The molecule has 35 heavy (non-hydrogen) atoms. The molecule has 0 atom stereocenters. The fourth-order valence-corrected chi connectivity index (χ4v) is 5.13. The van der Waals surface area contributed by atoms with Crippen molar-refractivity contribution in [2.24, 2.45) is 0 Å². The van der Waals surface area contributed by atoms with Gasteiger partial charge in [0.25, 0.3) is 0 Å². The van der Waals surface area contributed by atoms with Crippen molar-refractivity contribution < 1.29 is 27.0 Å². The number of nitrogens with one attached hydrogen (secondary N) is 1. The first-order valence-electron chi connectivity index (χ1n) is 11.1. The summed E-state index contributed by atoms with van der Waals surface area (Å²) in [6, 6.07) is 6.18. The summed E-state index contributed by atoms with van der Waals surface area (Å²) in [5.74, 6) is 0.933. The topological polar surface area (TPSA) is 126 Å². The van der Waals surface area contributed by atoms with Gasteiger partial charge in [-0.3, -0.25) is 0 Å². The van der Waals surface area contributed by atoms with E-state index in [4.69, 9.17) is 4.98 Å². The maximum Gasteiger partial charge on any atom is 0.387 e. The molecule has 188 valence electrons. The molecule has 2 aliphatic rings. The zero-order valence-electron chi connectivity index (χ0n) is 18.9. The molecule has 0 amide bonds. The molecule has 0 spiro atoms. The van der Waals surface area contributed by atoms with Crippen LogP contribution in [0.3, 0.4) is 0 Å². The van der Waals surface area contributed by atoms with Gasteiger partial charge < -0.3 is 20.1 Å². The molecule has 0 bridgehead atoms. The molecule has 2 N–H and O–H groups in total. The number of anilines is 2. The van der Waals surface area contributed by atoms with E-state index in [-0.39, 0.29) is 17.9 Å². The molecule has 11 nitrogen and oxygen atoms in total. The molecule has 2 aromatic heterocycles. The Hall–Kier alpha value is -3.10. The molecule has 0 radical (unpaired) electrons. The number of halogens is 2. The number of rotatable bonds is 7. The third-order valence-electron chi connectivity index (χ3n) is 6.15. The van der Waals surface area contributed by atoms with Gasteiger partial charge in [-0.25, -0.2) is 13.1 Å². The Bertz CT molecular complexity index is 1320. The molecule has 3 aromatic rings. The summed E-state index contributed by atoms with van der Waals surface area (Å²) in [7, 11) is -3.29. The molecule has 1 aromatic carbocycles. The van der Waals surface area contributed by atoms with E-state index in [2.05, 4.69) is 20.1 Å². The molecule has 1 saturated heterocycles. The number of fused-ring (bicyclic) bond motifs is 1. The summed E-state index contributed by atoms with van der Waals surface area (Å²) in [6.07, 6.45) is 3.59. The van der Waals surface area contributed by atoms with Crippen LogP contribution in [0.15, 0.2) is 30.5 Å².